The molecular weight excluding hydrogens is 462 g/mol. The smallest absolute Gasteiger partial charge is 0.264 e. The van der Waals surface area contributed by atoms with Gasteiger partial charge in [-0.15, -0.1) is 0 Å². The minimum Gasteiger partial charge on any atom is -0.476 e. The highest BCUT2D eigenvalue weighted by Gasteiger charge is 2.37. The van der Waals surface area contributed by atoms with E-state index < -0.39 is 16.1 Å². The third-order valence-corrected chi connectivity index (χ3v) is 7.93. The Hall–Kier alpha value is -3.52. The van der Waals surface area contributed by atoms with Crippen LogP contribution in [0.15, 0.2) is 77.7 Å². The number of nitrogens with zero attached hydrogens (tertiary/aromatic N) is 2. The number of fused-ring (bicyclic) bond motifs is 1. The lowest BCUT2D eigenvalue weighted by atomic mass is 10.1. The van der Waals surface area contributed by atoms with Gasteiger partial charge in [-0.05, 0) is 68.3 Å². The lowest BCUT2D eigenvalue weighted by Gasteiger charge is -2.35. The fourth-order valence-electron chi connectivity index (χ4n) is 4.16. The number of anilines is 2. The molecule has 1 N–H and O–H groups in total. The molecule has 0 aliphatic carbocycles. The molecule has 8 heteroatoms. The van der Waals surface area contributed by atoms with Crippen molar-refractivity contribution in [1.82, 2.24) is 5.32 Å². The van der Waals surface area contributed by atoms with Gasteiger partial charge in [-0.3, -0.25) is 9.10 Å². The minimum absolute atomic E-state index is 0.111. The SMILES string of the molecule is CCN(CC)c1ccc(CNC(=O)[C@H]2CN(S(=O)(=O)c3ccccc3)c3cc(C)ccc3O2)cc1. The number of hydrogen-bond donors (Lipinski definition) is 1. The van der Waals surface area contributed by atoms with E-state index in [-0.39, 0.29) is 17.3 Å². The molecule has 3 aromatic carbocycles. The number of carbonyl (C=O) groups is 1. The first-order valence-electron chi connectivity index (χ1n) is 11.8. The summed E-state index contributed by atoms with van der Waals surface area (Å²) in [6, 6.07) is 21.6. The van der Waals surface area contributed by atoms with Crippen molar-refractivity contribution in [3.63, 3.8) is 0 Å². The van der Waals surface area contributed by atoms with Gasteiger partial charge in [-0.25, -0.2) is 8.42 Å². The molecule has 0 saturated carbocycles. The zero-order chi connectivity index (χ0) is 25.0. The number of hydrogen-bond acceptors (Lipinski definition) is 5. The predicted molar refractivity (Wildman–Crippen MR) is 138 cm³/mol. The average Bonchev–Trinajstić information content (AvgIpc) is 2.88. The van der Waals surface area contributed by atoms with Crippen molar-refractivity contribution in [1.29, 1.82) is 0 Å². The molecule has 0 spiro atoms. The van der Waals surface area contributed by atoms with Crippen molar-refractivity contribution in [2.45, 2.75) is 38.3 Å². The topological polar surface area (TPSA) is 79.0 Å². The summed E-state index contributed by atoms with van der Waals surface area (Å²) in [6.07, 6.45) is -0.973. The predicted octanol–water partition coefficient (Wildman–Crippen LogP) is 4.11. The van der Waals surface area contributed by atoms with Crippen molar-refractivity contribution in [3.05, 3.63) is 83.9 Å². The zero-order valence-electron chi connectivity index (χ0n) is 20.3. The molecule has 0 saturated heterocycles. The number of benzene rings is 3. The second-order valence-corrected chi connectivity index (χ2v) is 10.3. The van der Waals surface area contributed by atoms with Gasteiger partial charge in [-0.1, -0.05) is 36.4 Å². The molecule has 0 radical (unpaired) electrons. The van der Waals surface area contributed by atoms with Crippen LogP contribution in [-0.2, 0) is 21.4 Å². The molecule has 0 aromatic heterocycles. The van der Waals surface area contributed by atoms with Crippen LogP contribution in [0.1, 0.15) is 25.0 Å². The van der Waals surface area contributed by atoms with E-state index in [4.69, 9.17) is 4.74 Å². The Balaban J connectivity index is 1.52. The van der Waals surface area contributed by atoms with Crippen LogP contribution in [-0.4, -0.2) is 40.1 Å². The van der Waals surface area contributed by atoms with Gasteiger partial charge in [0.15, 0.2) is 6.10 Å². The standard InChI is InChI=1S/C27H31N3O4S/c1-4-29(5-2)22-14-12-21(13-15-22)18-28-27(31)26-19-30(24-17-20(3)11-16-25(24)34-26)35(32,33)23-9-7-6-8-10-23/h6-17,26H,4-5,18-19H2,1-3H3,(H,28,31)/t26-/m1/s1. The van der Waals surface area contributed by atoms with E-state index >= 15 is 0 Å². The molecule has 1 aliphatic heterocycles. The normalized spacial score (nSPS) is 15.2. The summed E-state index contributed by atoms with van der Waals surface area (Å²) in [6.45, 7) is 8.18. The maximum absolute atomic E-state index is 13.5. The first kappa shape index (κ1) is 24.6. The lowest BCUT2D eigenvalue weighted by Crippen LogP contribution is -2.50. The second kappa shape index (κ2) is 10.4. The summed E-state index contributed by atoms with van der Waals surface area (Å²) in [5.41, 5.74) is 3.42. The summed E-state index contributed by atoms with van der Waals surface area (Å²) in [5, 5.41) is 2.90. The van der Waals surface area contributed by atoms with Crippen molar-refractivity contribution >= 4 is 27.3 Å². The van der Waals surface area contributed by atoms with Gasteiger partial charge in [0.25, 0.3) is 15.9 Å². The van der Waals surface area contributed by atoms with Gasteiger partial charge < -0.3 is 15.0 Å². The van der Waals surface area contributed by atoms with Gasteiger partial charge in [-0.2, -0.15) is 0 Å². The van der Waals surface area contributed by atoms with Crippen LogP contribution in [0.5, 0.6) is 5.75 Å². The van der Waals surface area contributed by atoms with E-state index in [9.17, 15) is 13.2 Å². The van der Waals surface area contributed by atoms with Crippen LogP contribution >= 0.6 is 0 Å². The van der Waals surface area contributed by atoms with Crippen LogP contribution in [0, 0.1) is 6.92 Å². The molecule has 1 amide bonds. The Morgan fingerprint density at radius 2 is 1.71 bits per heavy atom. The van der Waals surface area contributed by atoms with Crippen molar-refractivity contribution in [2.75, 3.05) is 28.8 Å². The maximum Gasteiger partial charge on any atom is 0.264 e. The number of rotatable bonds is 8. The van der Waals surface area contributed by atoms with E-state index in [1.165, 1.54) is 4.31 Å². The fourth-order valence-corrected chi connectivity index (χ4v) is 5.65. The highest BCUT2D eigenvalue weighted by Crippen LogP contribution is 2.37. The van der Waals surface area contributed by atoms with E-state index in [2.05, 4.69) is 24.1 Å². The number of sulfonamides is 1. The largest absolute Gasteiger partial charge is 0.476 e. The summed E-state index contributed by atoms with van der Waals surface area (Å²) >= 11 is 0. The van der Waals surface area contributed by atoms with Crippen molar-refractivity contribution in [2.24, 2.45) is 0 Å². The van der Waals surface area contributed by atoms with E-state index in [1.807, 2.05) is 37.3 Å². The van der Waals surface area contributed by atoms with Gasteiger partial charge in [0, 0.05) is 25.3 Å². The Labute approximate surface area is 207 Å². The van der Waals surface area contributed by atoms with Crippen molar-refractivity contribution in [3.8, 4) is 5.75 Å². The molecule has 0 unspecified atom stereocenters. The van der Waals surface area contributed by atoms with Crippen LogP contribution in [0.3, 0.4) is 0 Å². The van der Waals surface area contributed by atoms with Gasteiger partial charge >= 0.3 is 0 Å². The molecule has 7 nitrogen and oxygen atoms in total. The number of amides is 1. The summed E-state index contributed by atoms with van der Waals surface area (Å²) in [4.78, 5) is 15.5. The fraction of sp³-hybridized carbons (Fsp3) is 0.296. The van der Waals surface area contributed by atoms with E-state index in [1.54, 1.807) is 42.5 Å². The molecule has 1 aliphatic rings. The lowest BCUT2D eigenvalue weighted by molar-refractivity contribution is -0.127. The highest BCUT2D eigenvalue weighted by molar-refractivity contribution is 7.92. The molecule has 1 heterocycles. The molecule has 4 rings (SSSR count). The van der Waals surface area contributed by atoms with Crippen LogP contribution in [0.2, 0.25) is 0 Å². The van der Waals surface area contributed by atoms with Crippen molar-refractivity contribution < 1.29 is 17.9 Å². The summed E-state index contributed by atoms with van der Waals surface area (Å²) in [5.74, 6) is 0.00221. The minimum atomic E-state index is -3.88. The maximum atomic E-state index is 13.5. The second-order valence-electron chi connectivity index (χ2n) is 8.48. The molecule has 1 atom stereocenters. The third kappa shape index (κ3) is 5.27. The Morgan fingerprint density at radius 3 is 2.37 bits per heavy atom. The zero-order valence-corrected chi connectivity index (χ0v) is 21.1. The Kier molecular flexibility index (Phi) is 7.31. The molecule has 35 heavy (non-hydrogen) atoms. The number of carbonyl (C=O) groups excluding carboxylic acids is 1. The Morgan fingerprint density at radius 1 is 1.03 bits per heavy atom. The first-order chi connectivity index (χ1) is 16.8. The monoisotopic (exact) mass is 493 g/mol. The van der Waals surface area contributed by atoms with Crippen LogP contribution < -0.4 is 19.3 Å². The molecular formula is C27H31N3O4S. The molecule has 0 bridgehead atoms. The number of nitrogens with one attached hydrogen (secondary N) is 1. The third-order valence-electron chi connectivity index (χ3n) is 6.14. The van der Waals surface area contributed by atoms with Crippen LogP contribution in [0.4, 0.5) is 11.4 Å². The number of ether oxygens (including phenoxy) is 1. The summed E-state index contributed by atoms with van der Waals surface area (Å²) in [7, 11) is -3.88. The van der Waals surface area contributed by atoms with Crippen LogP contribution in [0.25, 0.3) is 0 Å². The molecule has 3 aromatic rings. The molecule has 184 valence electrons. The van der Waals surface area contributed by atoms with Gasteiger partial charge in [0.1, 0.15) is 5.75 Å². The average molecular weight is 494 g/mol. The quantitative estimate of drug-likeness (QED) is 0.511. The van der Waals surface area contributed by atoms with Gasteiger partial charge in [0.05, 0.1) is 17.1 Å². The Bertz CT molecular complexity index is 1270. The summed E-state index contributed by atoms with van der Waals surface area (Å²) < 4.78 is 34.2. The van der Waals surface area contributed by atoms with E-state index in [0.717, 1.165) is 29.9 Å². The molecule has 0 fully saturated rings. The van der Waals surface area contributed by atoms with Gasteiger partial charge in [0.2, 0.25) is 0 Å². The number of aryl methyl sites for hydroxylation is 1. The van der Waals surface area contributed by atoms with E-state index in [0.29, 0.717) is 18.0 Å². The first-order valence-corrected chi connectivity index (χ1v) is 13.2. The highest BCUT2D eigenvalue weighted by atomic mass is 32.2.